The van der Waals surface area contributed by atoms with Crippen molar-refractivity contribution in [2.24, 2.45) is 0 Å². The molecule has 0 radical (unpaired) electrons. The van der Waals surface area contributed by atoms with Gasteiger partial charge in [0, 0.05) is 17.1 Å². The van der Waals surface area contributed by atoms with E-state index in [2.05, 4.69) is 14.7 Å². The van der Waals surface area contributed by atoms with Gasteiger partial charge in [0.2, 0.25) is 5.13 Å². The van der Waals surface area contributed by atoms with Gasteiger partial charge in [0.15, 0.2) is 17.3 Å². The minimum Gasteiger partial charge on any atom is -0.486 e. The summed E-state index contributed by atoms with van der Waals surface area (Å²) in [6.07, 6.45) is 0.163. The van der Waals surface area contributed by atoms with Crippen LogP contribution in [0.4, 0.5) is 5.13 Å². The van der Waals surface area contributed by atoms with Crippen LogP contribution in [0.5, 0.6) is 11.5 Å². The number of hydrogen-bond acceptors (Lipinski definition) is 7. The second-order valence-electron chi connectivity index (χ2n) is 4.71. The molecule has 8 heteroatoms. The van der Waals surface area contributed by atoms with Crippen LogP contribution < -0.4 is 14.8 Å². The van der Waals surface area contributed by atoms with E-state index in [4.69, 9.17) is 9.47 Å². The predicted molar refractivity (Wildman–Crippen MR) is 79.7 cm³/mol. The van der Waals surface area contributed by atoms with Crippen molar-refractivity contribution in [2.75, 3.05) is 18.5 Å². The Kier molecular flexibility index (Phi) is 4.01. The summed E-state index contributed by atoms with van der Waals surface area (Å²) < 4.78 is 14.9. The summed E-state index contributed by atoms with van der Waals surface area (Å²) in [6.45, 7) is 2.43. The quantitative estimate of drug-likeness (QED) is 0.922. The largest absolute Gasteiger partial charge is 0.486 e. The number of fused-ring (bicyclic) bond motifs is 1. The van der Waals surface area contributed by atoms with E-state index in [1.54, 1.807) is 18.2 Å². The first-order valence-corrected chi connectivity index (χ1v) is 7.42. The molecule has 1 aliphatic heterocycles. The maximum absolute atomic E-state index is 12.2. The minimum absolute atomic E-state index is 0.0255. The van der Waals surface area contributed by atoms with Crippen LogP contribution >= 0.6 is 11.5 Å². The summed E-state index contributed by atoms with van der Waals surface area (Å²) >= 11 is 1.04. The number of carbonyl (C=O) groups excluding carboxylic acids is 2. The van der Waals surface area contributed by atoms with E-state index in [1.807, 2.05) is 0 Å². The lowest BCUT2D eigenvalue weighted by Crippen LogP contribution is -2.17. The Labute approximate surface area is 130 Å². The zero-order valence-electron chi connectivity index (χ0n) is 11.8. The number of nitrogens with zero attached hydrogens (tertiary/aromatic N) is 2. The molecule has 0 unspecified atom stereocenters. The molecule has 114 valence electrons. The number of aromatic nitrogens is 2. The third-order valence-corrected chi connectivity index (χ3v) is 3.57. The molecule has 0 bridgehead atoms. The summed E-state index contributed by atoms with van der Waals surface area (Å²) in [4.78, 5) is 27.3. The number of Topliss-reactive ketones (excluding diaryl/α,β-unsaturated/α-hetero) is 1. The number of hydrogen-bond donors (Lipinski definition) is 1. The van der Waals surface area contributed by atoms with E-state index in [9.17, 15) is 9.59 Å². The molecule has 1 amide bonds. The SMILES string of the molecule is CC(=O)Cc1nsc(NC(=O)c2ccc3c(c2)OCCO3)n1. The summed E-state index contributed by atoms with van der Waals surface area (Å²) in [5, 5.41) is 3.01. The predicted octanol–water partition coefficient (Wildman–Crippen LogP) is 1.69. The molecule has 1 N–H and O–H groups in total. The molecule has 0 aliphatic carbocycles. The Balaban J connectivity index is 1.71. The number of nitrogens with one attached hydrogen (secondary N) is 1. The molecule has 7 nitrogen and oxygen atoms in total. The van der Waals surface area contributed by atoms with Gasteiger partial charge >= 0.3 is 0 Å². The summed E-state index contributed by atoms with van der Waals surface area (Å²) in [6, 6.07) is 4.98. The average molecular weight is 319 g/mol. The van der Waals surface area contributed by atoms with Gasteiger partial charge in [-0.25, -0.2) is 4.98 Å². The first-order valence-electron chi connectivity index (χ1n) is 6.65. The van der Waals surface area contributed by atoms with Crippen LogP contribution in [-0.2, 0) is 11.2 Å². The monoisotopic (exact) mass is 319 g/mol. The van der Waals surface area contributed by atoms with Crippen LogP contribution in [0.3, 0.4) is 0 Å². The van der Waals surface area contributed by atoms with Gasteiger partial charge in [0.25, 0.3) is 5.91 Å². The average Bonchev–Trinajstić information content (AvgIpc) is 2.93. The molecule has 1 aromatic carbocycles. The number of rotatable bonds is 4. The summed E-state index contributed by atoms with van der Waals surface area (Å²) in [5.41, 5.74) is 0.438. The van der Waals surface area contributed by atoms with Gasteiger partial charge < -0.3 is 9.47 Å². The van der Waals surface area contributed by atoms with Gasteiger partial charge in [-0.05, 0) is 25.1 Å². The molecule has 0 spiro atoms. The molecular weight excluding hydrogens is 306 g/mol. The van der Waals surface area contributed by atoms with Crippen LogP contribution in [0.1, 0.15) is 23.1 Å². The third-order valence-electron chi connectivity index (χ3n) is 2.90. The molecule has 22 heavy (non-hydrogen) atoms. The second kappa shape index (κ2) is 6.10. The number of ketones is 1. The zero-order chi connectivity index (χ0) is 15.5. The molecule has 0 saturated carbocycles. The van der Waals surface area contributed by atoms with E-state index in [0.29, 0.717) is 41.2 Å². The van der Waals surface area contributed by atoms with Crippen LogP contribution in [0.2, 0.25) is 0 Å². The van der Waals surface area contributed by atoms with Crippen LogP contribution in [0.15, 0.2) is 18.2 Å². The molecule has 1 aromatic heterocycles. The smallest absolute Gasteiger partial charge is 0.257 e. The number of ether oxygens (including phenoxy) is 2. The van der Waals surface area contributed by atoms with Gasteiger partial charge in [-0.15, -0.1) is 0 Å². The number of anilines is 1. The Morgan fingerprint density at radius 2 is 2.05 bits per heavy atom. The lowest BCUT2D eigenvalue weighted by atomic mass is 10.2. The summed E-state index contributed by atoms with van der Waals surface area (Å²) in [7, 11) is 0. The third kappa shape index (κ3) is 3.22. The molecule has 2 aromatic rings. The van der Waals surface area contributed by atoms with E-state index in [0.717, 1.165) is 11.5 Å². The van der Waals surface area contributed by atoms with E-state index in [-0.39, 0.29) is 18.1 Å². The van der Waals surface area contributed by atoms with Gasteiger partial charge in [-0.1, -0.05) is 0 Å². The molecule has 3 rings (SSSR count). The highest BCUT2D eigenvalue weighted by Gasteiger charge is 2.16. The lowest BCUT2D eigenvalue weighted by Gasteiger charge is -2.18. The maximum atomic E-state index is 12.2. The highest BCUT2D eigenvalue weighted by atomic mass is 32.1. The Morgan fingerprint density at radius 1 is 1.27 bits per heavy atom. The van der Waals surface area contributed by atoms with Gasteiger partial charge in [0.1, 0.15) is 19.0 Å². The fourth-order valence-electron chi connectivity index (χ4n) is 1.95. The number of amides is 1. The van der Waals surface area contributed by atoms with E-state index >= 15 is 0 Å². The van der Waals surface area contributed by atoms with Crippen molar-refractivity contribution in [3.05, 3.63) is 29.6 Å². The van der Waals surface area contributed by atoms with Crippen molar-refractivity contribution >= 4 is 28.4 Å². The van der Waals surface area contributed by atoms with Crippen LogP contribution in [0, 0.1) is 0 Å². The molecule has 2 heterocycles. The highest BCUT2D eigenvalue weighted by molar-refractivity contribution is 7.09. The van der Waals surface area contributed by atoms with Crippen LogP contribution in [0.25, 0.3) is 0 Å². The van der Waals surface area contributed by atoms with Gasteiger partial charge in [0.05, 0.1) is 6.42 Å². The van der Waals surface area contributed by atoms with Gasteiger partial charge in [-0.3, -0.25) is 14.9 Å². The zero-order valence-corrected chi connectivity index (χ0v) is 12.6. The number of benzene rings is 1. The van der Waals surface area contributed by atoms with Gasteiger partial charge in [-0.2, -0.15) is 4.37 Å². The van der Waals surface area contributed by atoms with E-state index in [1.165, 1.54) is 6.92 Å². The Hall–Kier alpha value is -2.48. The Bertz CT molecular complexity index is 729. The standard InChI is InChI=1S/C14H13N3O4S/c1-8(18)6-12-15-14(22-17-12)16-13(19)9-2-3-10-11(7-9)21-5-4-20-10/h2-3,7H,4-6H2,1H3,(H,15,16,17,19). The molecule has 0 saturated heterocycles. The van der Waals surface area contributed by atoms with Crippen molar-refractivity contribution < 1.29 is 19.1 Å². The second-order valence-corrected chi connectivity index (χ2v) is 5.46. The molecule has 0 fully saturated rings. The minimum atomic E-state index is -0.317. The normalized spacial score (nSPS) is 12.8. The summed E-state index contributed by atoms with van der Waals surface area (Å²) in [5.74, 6) is 1.25. The van der Waals surface area contributed by atoms with Crippen molar-refractivity contribution in [1.82, 2.24) is 9.36 Å². The fraction of sp³-hybridized carbons (Fsp3) is 0.286. The first-order chi connectivity index (χ1) is 10.6. The maximum Gasteiger partial charge on any atom is 0.257 e. The molecular formula is C14H13N3O4S. The van der Waals surface area contributed by atoms with Crippen molar-refractivity contribution in [1.29, 1.82) is 0 Å². The highest BCUT2D eigenvalue weighted by Crippen LogP contribution is 2.31. The molecule has 0 atom stereocenters. The fourth-order valence-corrected chi connectivity index (χ4v) is 2.53. The molecule has 1 aliphatic rings. The topological polar surface area (TPSA) is 90.4 Å². The number of carbonyl (C=O) groups is 2. The van der Waals surface area contributed by atoms with Crippen molar-refractivity contribution in [3.63, 3.8) is 0 Å². The van der Waals surface area contributed by atoms with Crippen molar-refractivity contribution in [3.8, 4) is 11.5 Å². The van der Waals surface area contributed by atoms with E-state index < -0.39 is 0 Å². The first kappa shape index (κ1) is 14.5. The van der Waals surface area contributed by atoms with Crippen molar-refractivity contribution in [2.45, 2.75) is 13.3 Å². The Morgan fingerprint density at radius 3 is 2.82 bits per heavy atom. The van der Waals surface area contributed by atoms with Crippen LogP contribution in [-0.4, -0.2) is 34.3 Å². The lowest BCUT2D eigenvalue weighted by molar-refractivity contribution is -0.116.